The molecule has 1 fully saturated rings. The van der Waals surface area contributed by atoms with E-state index in [1.165, 1.54) is 5.69 Å². The largest absolute Gasteiger partial charge is 0.369 e. The van der Waals surface area contributed by atoms with Crippen LogP contribution in [0.3, 0.4) is 0 Å². The SMILES string of the molecule is Cc1cc(N2CCN(C)CC2)ccc1NC(=O)c1cnc2c(cnn2C(C)C)c1. The number of aromatic nitrogens is 3. The molecule has 7 heteroatoms. The number of nitrogens with one attached hydrogen (secondary N) is 1. The molecular weight excluding hydrogens is 364 g/mol. The van der Waals surface area contributed by atoms with Crippen molar-refractivity contribution in [1.29, 1.82) is 0 Å². The minimum absolute atomic E-state index is 0.160. The zero-order valence-electron chi connectivity index (χ0n) is 17.5. The number of anilines is 2. The first-order valence-corrected chi connectivity index (χ1v) is 10.1. The topological polar surface area (TPSA) is 66.3 Å². The van der Waals surface area contributed by atoms with Crippen LogP contribution in [-0.2, 0) is 0 Å². The number of amides is 1. The van der Waals surface area contributed by atoms with Crippen molar-refractivity contribution in [2.75, 3.05) is 43.4 Å². The van der Waals surface area contributed by atoms with Crippen LogP contribution in [-0.4, -0.2) is 58.8 Å². The Morgan fingerprint density at radius 1 is 1.10 bits per heavy atom. The summed E-state index contributed by atoms with van der Waals surface area (Å²) in [5, 5.41) is 8.26. The van der Waals surface area contributed by atoms with Crippen molar-refractivity contribution in [2.24, 2.45) is 0 Å². The van der Waals surface area contributed by atoms with Crippen molar-refractivity contribution in [1.82, 2.24) is 19.7 Å². The normalized spacial score (nSPS) is 15.3. The Bertz CT molecular complexity index is 1030. The van der Waals surface area contributed by atoms with Gasteiger partial charge in [-0.1, -0.05) is 0 Å². The third-order valence-corrected chi connectivity index (χ3v) is 5.51. The first-order chi connectivity index (χ1) is 13.9. The predicted octanol–water partition coefficient (Wildman–Crippen LogP) is 3.32. The van der Waals surface area contributed by atoms with Gasteiger partial charge in [-0.2, -0.15) is 5.10 Å². The molecule has 2 aromatic heterocycles. The molecule has 0 atom stereocenters. The lowest BCUT2D eigenvalue weighted by molar-refractivity contribution is 0.102. The zero-order valence-corrected chi connectivity index (χ0v) is 17.5. The number of piperazine rings is 1. The van der Waals surface area contributed by atoms with Crippen molar-refractivity contribution in [3.63, 3.8) is 0 Å². The Labute approximate surface area is 171 Å². The highest BCUT2D eigenvalue weighted by Crippen LogP contribution is 2.24. The fraction of sp³-hybridized carbons (Fsp3) is 0.409. The van der Waals surface area contributed by atoms with Gasteiger partial charge in [0.05, 0.1) is 11.8 Å². The summed E-state index contributed by atoms with van der Waals surface area (Å²) in [4.78, 5) is 22.0. The molecule has 152 valence electrons. The van der Waals surface area contributed by atoms with Crippen LogP contribution in [0.5, 0.6) is 0 Å². The van der Waals surface area contributed by atoms with Crippen LogP contribution in [0.15, 0.2) is 36.7 Å². The van der Waals surface area contributed by atoms with E-state index in [1.54, 1.807) is 12.4 Å². The third kappa shape index (κ3) is 3.96. The number of fused-ring (bicyclic) bond motifs is 1. The standard InChI is InChI=1S/C22H28N6O/c1-15(2)28-21-17(14-24-28)12-18(13-23-21)22(29)25-20-6-5-19(11-16(20)3)27-9-7-26(4)8-10-27/h5-6,11-15H,7-10H2,1-4H3,(H,25,29). The molecule has 0 unspecified atom stereocenters. The van der Waals surface area contributed by atoms with Crippen LogP contribution in [0, 0.1) is 6.92 Å². The summed E-state index contributed by atoms with van der Waals surface area (Å²) < 4.78 is 1.86. The molecule has 1 saturated heterocycles. The van der Waals surface area contributed by atoms with E-state index in [1.807, 2.05) is 23.7 Å². The second-order valence-electron chi connectivity index (χ2n) is 8.06. The van der Waals surface area contributed by atoms with Gasteiger partial charge < -0.3 is 15.1 Å². The lowest BCUT2D eigenvalue weighted by Gasteiger charge is -2.34. The van der Waals surface area contributed by atoms with Gasteiger partial charge in [0.25, 0.3) is 5.91 Å². The maximum absolute atomic E-state index is 12.8. The molecule has 1 aliphatic heterocycles. The number of aryl methyl sites for hydroxylation is 1. The molecule has 0 radical (unpaired) electrons. The van der Waals surface area contributed by atoms with Crippen LogP contribution in [0.25, 0.3) is 11.0 Å². The fourth-order valence-corrected chi connectivity index (χ4v) is 3.69. The van der Waals surface area contributed by atoms with Gasteiger partial charge in [0.15, 0.2) is 5.65 Å². The lowest BCUT2D eigenvalue weighted by Crippen LogP contribution is -2.44. The number of carbonyl (C=O) groups is 1. The molecule has 0 saturated carbocycles. The van der Waals surface area contributed by atoms with Crippen LogP contribution < -0.4 is 10.2 Å². The fourth-order valence-electron chi connectivity index (χ4n) is 3.69. The van der Waals surface area contributed by atoms with E-state index in [-0.39, 0.29) is 11.9 Å². The summed E-state index contributed by atoms with van der Waals surface area (Å²) in [6.07, 6.45) is 3.38. The minimum Gasteiger partial charge on any atom is -0.369 e. The summed E-state index contributed by atoms with van der Waals surface area (Å²) in [5.74, 6) is -0.160. The second kappa shape index (κ2) is 7.83. The number of hydrogen-bond donors (Lipinski definition) is 1. The molecule has 1 aliphatic rings. The van der Waals surface area contributed by atoms with E-state index in [9.17, 15) is 4.79 Å². The number of hydrogen-bond acceptors (Lipinski definition) is 5. The Morgan fingerprint density at radius 3 is 2.55 bits per heavy atom. The number of likely N-dealkylation sites (N-methyl/N-ethyl adjacent to an activating group) is 1. The molecular formula is C22H28N6O. The molecule has 7 nitrogen and oxygen atoms in total. The van der Waals surface area contributed by atoms with E-state index in [0.717, 1.165) is 48.5 Å². The molecule has 3 aromatic rings. The minimum atomic E-state index is -0.160. The summed E-state index contributed by atoms with van der Waals surface area (Å²) in [6.45, 7) is 10.3. The van der Waals surface area contributed by atoms with Crippen LogP contribution in [0.1, 0.15) is 35.8 Å². The molecule has 4 rings (SSSR count). The van der Waals surface area contributed by atoms with Gasteiger partial charge >= 0.3 is 0 Å². The van der Waals surface area contributed by atoms with Crippen molar-refractivity contribution in [3.8, 4) is 0 Å². The molecule has 0 aliphatic carbocycles. The summed E-state index contributed by atoms with van der Waals surface area (Å²) >= 11 is 0. The Morgan fingerprint density at radius 2 is 1.86 bits per heavy atom. The van der Waals surface area contributed by atoms with Gasteiger partial charge in [0, 0.05) is 55.2 Å². The number of carbonyl (C=O) groups excluding carboxylic acids is 1. The number of nitrogens with zero attached hydrogens (tertiary/aromatic N) is 5. The quantitative estimate of drug-likeness (QED) is 0.738. The summed E-state index contributed by atoms with van der Waals surface area (Å²) in [6, 6.07) is 8.29. The van der Waals surface area contributed by atoms with Gasteiger partial charge in [-0.3, -0.25) is 4.79 Å². The number of pyridine rings is 1. The van der Waals surface area contributed by atoms with Gasteiger partial charge in [0.1, 0.15) is 0 Å². The number of rotatable bonds is 4. The second-order valence-corrected chi connectivity index (χ2v) is 8.06. The first-order valence-electron chi connectivity index (χ1n) is 10.1. The highest BCUT2D eigenvalue weighted by Gasteiger charge is 2.16. The highest BCUT2D eigenvalue weighted by molar-refractivity contribution is 6.06. The molecule has 0 bridgehead atoms. The molecule has 1 N–H and O–H groups in total. The Kier molecular flexibility index (Phi) is 5.24. The Hall–Kier alpha value is -2.93. The maximum atomic E-state index is 12.8. The van der Waals surface area contributed by atoms with Crippen molar-refractivity contribution < 1.29 is 4.79 Å². The highest BCUT2D eigenvalue weighted by atomic mass is 16.1. The molecule has 29 heavy (non-hydrogen) atoms. The lowest BCUT2D eigenvalue weighted by atomic mass is 10.1. The van der Waals surface area contributed by atoms with Gasteiger partial charge in [-0.25, -0.2) is 9.67 Å². The van der Waals surface area contributed by atoms with Crippen LogP contribution >= 0.6 is 0 Å². The van der Waals surface area contributed by atoms with Crippen molar-refractivity contribution >= 4 is 28.3 Å². The predicted molar refractivity (Wildman–Crippen MR) is 117 cm³/mol. The molecule has 1 amide bonds. The van der Waals surface area contributed by atoms with Crippen molar-refractivity contribution in [3.05, 3.63) is 47.8 Å². The van der Waals surface area contributed by atoms with Gasteiger partial charge in [0.2, 0.25) is 0 Å². The van der Waals surface area contributed by atoms with Crippen LogP contribution in [0.2, 0.25) is 0 Å². The average Bonchev–Trinajstić information content (AvgIpc) is 3.13. The average molecular weight is 393 g/mol. The van der Waals surface area contributed by atoms with Gasteiger partial charge in [-0.15, -0.1) is 0 Å². The summed E-state index contributed by atoms with van der Waals surface area (Å²) in [5.41, 5.74) is 4.41. The summed E-state index contributed by atoms with van der Waals surface area (Å²) in [7, 11) is 2.15. The molecule has 0 spiro atoms. The molecule has 3 heterocycles. The third-order valence-electron chi connectivity index (χ3n) is 5.51. The Balaban J connectivity index is 1.50. The maximum Gasteiger partial charge on any atom is 0.257 e. The van der Waals surface area contributed by atoms with Crippen molar-refractivity contribution in [2.45, 2.75) is 26.8 Å². The monoisotopic (exact) mass is 392 g/mol. The van der Waals surface area contributed by atoms with E-state index in [0.29, 0.717) is 5.56 Å². The van der Waals surface area contributed by atoms with E-state index in [2.05, 4.69) is 58.2 Å². The zero-order chi connectivity index (χ0) is 20.5. The van der Waals surface area contributed by atoms with Crippen LogP contribution in [0.4, 0.5) is 11.4 Å². The molecule has 1 aromatic carbocycles. The number of benzene rings is 1. The smallest absolute Gasteiger partial charge is 0.257 e. The van der Waals surface area contributed by atoms with Gasteiger partial charge in [-0.05, 0) is 57.6 Å². The van der Waals surface area contributed by atoms with E-state index in [4.69, 9.17) is 0 Å². The first kappa shape index (κ1) is 19.4. The van der Waals surface area contributed by atoms with E-state index < -0.39 is 0 Å². The van der Waals surface area contributed by atoms with E-state index >= 15 is 0 Å².